The summed E-state index contributed by atoms with van der Waals surface area (Å²) in [6, 6.07) is 15.2. The van der Waals surface area contributed by atoms with E-state index in [9.17, 15) is 5.26 Å². The number of hydrogen-bond donors (Lipinski definition) is 0. The van der Waals surface area contributed by atoms with Gasteiger partial charge in [-0.05, 0) is 42.0 Å². The summed E-state index contributed by atoms with van der Waals surface area (Å²) >= 11 is 17.0. The molecule has 6 heteroatoms. The molecule has 0 unspecified atom stereocenters. The molecule has 118 valence electrons. The highest BCUT2D eigenvalue weighted by Crippen LogP contribution is 2.33. The van der Waals surface area contributed by atoms with Gasteiger partial charge in [0.15, 0.2) is 0 Å². The van der Waals surface area contributed by atoms with Crippen LogP contribution in [0.15, 0.2) is 52.3 Å². The third-order valence-electron chi connectivity index (χ3n) is 3.24. The molecule has 24 heavy (non-hydrogen) atoms. The number of halogens is 3. The molecule has 1 heterocycles. The molecule has 0 aliphatic carbocycles. The second-order valence-electron chi connectivity index (χ2n) is 4.88. The van der Waals surface area contributed by atoms with Crippen LogP contribution in [0, 0.1) is 11.3 Å². The second kappa shape index (κ2) is 7.50. The van der Waals surface area contributed by atoms with E-state index in [0.717, 1.165) is 21.3 Å². The molecule has 0 aliphatic rings. The molecule has 2 nitrogen and oxygen atoms in total. The monoisotopic (exact) mass is 434 g/mol. The molecule has 0 amide bonds. The minimum Gasteiger partial charge on any atom is -0.235 e. The highest BCUT2D eigenvalue weighted by Gasteiger charge is 2.11. The van der Waals surface area contributed by atoms with Crippen molar-refractivity contribution in [3.05, 3.63) is 72.9 Å². The van der Waals surface area contributed by atoms with Crippen molar-refractivity contribution in [2.45, 2.75) is 0 Å². The molecule has 0 aliphatic heterocycles. The van der Waals surface area contributed by atoms with Crippen LogP contribution in [0.1, 0.15) is 10.6 Å². The van der Waals surface area contributed by atoms with E-state index in [-0.39, 0.29) is 0 Å². The molecule has 0 atom stereocenters. The van der Waals surface area contributed by atoms with Gasteiger partial charge in [-0.2, -0.15) is 5.26 Å². The number of rotatable bonds is 3. The van der Waals surface area contributed by atoms with Crippen molar-refractivity contribution in [2.75, 3.05) is 0 Å². The second-order valence-corrected chi connectivity index (χ2v) is 7.50. The van der Waals surface area contributed by atoms with Gasteiger partial charge >= 0.3 is 0 Å². The molecule has 0 fully saturated rings. The first-order valence-corrected chi connectivity index (χ1v) is 9.28. The summed E-state index contributed by atoms with van der Waals surface area (Å²) in [7, 11) is 0. The molecule has 0 radical (unpaired) electrons. The topological polar surface area (TPSA) is 36.7 Å². The fraction of sp³-hybridized carbons (Fsp3) is 0. The SMILES string of the molecule is N#CC(=Cc1ccc(Br)cc1)c1nc(-c2ccc(Cl)cc2Cl)cs1. The van der Waals surface area contributed by atoms with Gasteiger partial charge in [0.05, 0.1) is 16.3 Å². The highest BCUT2D eigenvalue weighted by molar-refractivity contribution is 9.10. The van der Waals surface area contributed by atoms with Crippen LogP contribution in [-0.4, -0.2) is 4.98 Å². The lowest BCUT2D eigenvalue weighted by Gasteiger charge is -2.01. The maximum Gasteiger partial charge on any atom is 0.134 e. The average molecular weight is 436 g/mol. The Labute approximate surface area is 162 Å². The lowest BCUT2D eigenvalue weighted by Crippen LogP contribution is -1.84. The summed E-state index contributed by atoms with van der Waals surface area (Å²) in [6.07, 6.45) is 1.82. The van der Waals surface area contributed by atoms with Gasteiger partial charge in [0, 0.05) is 20.4 Å². The fourth-order valence-corrected chi connectivity index (χ4v) is 3.64. The van der Waals surface area contributed by atoms with Gasteiger partial charge < -0.3 is 0 Å². The summed E-state index contributed by atoms with van der Waals surface area (Å²) in [5.41, 5.74) is 2.98. The Morgan fingerprint density at radius 2 is 1.92 bits per heavy atom. The van der Waals surface area contributed by atoms with Gasteiger partial charge in [0.2, 0.25) is 0 Å². The largest absolute Gasteiger partial charge is 0.235 e. The molecule has 3 rings (SSSR count). The zero-order valence-corrected chi connectivity index (χ0v) is 16.0. The Balaban J connectivity index is 1.96. The van der Waals surface area contributed by atoms with Crippen LogP contribution >= 0.6 is 50.5 Å². The van der Waals surface area contributed by atoms with Crippen LogP contribution in [0.4, 0.5) is 0 Å². The maximum atomic E-state index is 9.46. The van der Waals surface area contributed by atoms with E-state index in [4.69, 9.17) is 23.2 Å². The zero-order chi connectivity index (χ0) is 17.1. The molecular formula is C18H9BrCl2N2S. The smallest absolute Gasteiger partial charge is 0.134 e. The predicted molar refractivity (Wildman–Crippen MR) is 105 cm³/mol. The molecule has 0 bridgehead atoms. The van der Waals surface area contributed by atoms with E-state index in [2.05, 4.69) is 27.0 Å². The summed E-state index contributed by atoms with van der Waals surface area (Å²) in [5, 5.41) is 13.1. The Bertz CT molecular complexity index is 956. The first-order valence-electron chi connectivity index (χ1n) is 6.85. The molecule has 0 N–H and O–H groups in total. The van der Waals surface area contributed by atoms with E-state index in [1.807, 2.05) is 41.8 Å². The van der Waals surface area contributed by atoms with Crippen molar-refractivity contribution in [2.24, 2.45) is 0 Å². The van der Waals surface area contributed by atoms with Gasteiger partial charge in [-0.15, -0.1) is 11.3 Å². The number of allylic oxidation sites excluding steroid dienone is 1. The van der Waals surface area contributed by atoms with E-state index in [0.29, 0.717) is 20.6 Å². The lowest BCUT2D eigenvalue weighted by atomic mass is 10.1. The maximum absolute atomic E-state index is 9.46. The highest BCUT2D eigenvalue weighted by atomic mass is 79.9. The first-order chi connectivity index (χ1) is 11.6. The van der Waals surface area contributed by atoms with Crippen molar-refractivity contribution < 1.29 is 0 Å². The van der Waals surface area contributed by atoms with Crippen LogP contribution in [0.2, 0.25) is 10.0 Å². The number of benzene rings is 2. The van der Waals surface area contributed by atoms with Crippen LogP contribution in [-0.2, 0) is 0 Å². The summed E-state index contributed by atoms with van der Waals surface area (Å²) in [6.45, 7) is 0. The van der Waals surface area contributed by atoms with Crippen molar-refractivity contribution in [1.82, 2.24) is 4.98 Å². The van der Waals surface area contributed by atoms with Gasteiger partial charge in [0.25, 0.3) is 0 Å². The molecule has 0 spiro atoms. The molecule has 0 saturated heterocycles. The van der Waals surface area contributed by atoms with E-state index >= 15 is 0 Å². The molecule has 3 aromatic rings. The number of hydrogen-bond acceptors (Lipinski definition) is 3. The van der Waals surface area contributed by atoms with E-state index < -0.39 is 0 Å². The summed E-state index contributed by atoms with van der Waals surface area (Å²) < 4.78 is 0.993. The summed E-state index contributed by atoms with van der Waals surface area (Å²) in [5.74, 6) is 0. The van der Waals surface area contributed by atoms with Crippen molar-refractivity contribution in [3.63, 3.8) is 0 Å². The number of nitrogens with zero attached hydrogens (tertiary/aromatic N) is 2. The van der Waals surface area contributed by atoms with Crippen LogP contribution < -0.4 is 0 Å². The Hall–Kier alpha value is -1.64. The van der Waals surface area contributed by atoms with Gasteiger partial charge in [0.1, 0.15) is 11.1 Å². The number of nitriles is 1. The van der Waals surface area contributed by atoms with Gasteiger partial charge in [-0.3, -0.25) is 0 Å². The van der Waals surface area contributed by atoms with E-state index in [1.54, 1.807) is 12.1 Å². The summed E-state index contributed by atoms with van der Waals surface area (Å²) in [4.78, 5) is 4.55. The first kappa shape index (κ1) is 17.2. The minimum absolute atomic E-state index is 0.513. The molecule has 0 saturated carbocycles. The molecular weight excluding hydrogens is 427 g/mol. The Morgan fingerprint density at radius 3 is 2.58 bits per heavy atom. The normalized spacial score (nSPS) is 11.3. The minimum atomic E-state index is 0.513. The van der Waals surface area contributed by atoms with Gasteiger partial charge in [-0.1, -0.05) is 51.3 Å². The van der Waals surface area contributed by atoms with Crippen LogP contribution in [0.5, 0.6) is 0 Å². The predicted octanol–water partition coefficient (Wildman–Crippen LogP) is 6.94. The molecule has 2 aromatic carbocycles. The average Bonchev–Trinajstić information content (AvgIpc) is 3.04. The Morgan fingerprint density at radius 1 is 1.17 bits per heavy atom. The van der Waals surface area contributed by atoms with Crippen LogP contribution in [0.3, 0.4) is 0 Å². The van der Waals surface area contributed by atoms with Gasteiger partial charge in [-0.25, -0.2) is 4.98 Å². The number of thiazole rings is 1. The third-order valence-corrected chi connectivity index (χ3v) is 5.20. The van der Waals surface area contributed by atoms with Crippen molar-refractivity contribution in [1.29, 1.82) is 5.26 Å². The van der Waals surface area contributed by atoms with Crippen molar-refractivity contribution in [3.8, 4) is 17.3 Å². The Kier molecular flexibility index (Phi) is 5.37. The number of aromatic nitrogens is 1. The van der Waals surface area contributed by atoms with Crippen molar-refractivity contribution >= 4 is 62.1 Å². The fourth-order valence-electron chi connectivity index (χ4n) is 2.09. The lowest BCUT2D eigenvalue weighted by molar-refractivity contribution is 1.37. The standard InChI is InChI=1S/C18H9BrCl2N2S/c19-13-3-1-11(2-4-13)7-12(9-22)18-23-17(10-24-18)15-6-5-14(20)8-16(15)21/h1-8,10H. The zero-order valence-electron chi connectivity index (χ0n) is 12.1. The third kappa shape index (κ3) is 3.88. The quantitative estimate of drug-likeness (QED) is 0.417. The van der Waals surface area contributed by atoms with E-state index in [1.165, 1.54) is 11.3 Å². The van der Waals surface area contributed by atoms with Crippen LogP contribution in [0.25, 0.3) is 22.9 Å². The molecule has 1 aromatic heterocycles.